The summed E-state index contributed by atoms with van der Waals surface area (Å²) in [6.45, 7) is 7.13. The van der Waals surface area contributed by atoms with Crippen LogP contribution in [0, 0.1) is 0 Å². The van der Waals surface area contributed by atoms with Crippen LogP contribution in [-0.4, -0.2) is 76.6 Å². The number of halogens is 3. The molecule has 2 aliphatic heterocycles. The van der Waals surface area contributed by atoms with Crippen LogP contribution in [0.5, 0.6) is 0 Å². The molecule has 0 saturated carbocycles. The highest BCUT2D eigenvalue weighted by atomic mass is 19.4. The third-order valence-corrected chi connectivity index (χ3v) is 6.27. The van der Waals surface area contributed by atoms with E-state index in [2.05, 4.69) is 19.9 Å². The van der Waals surface area contributed by atoms with Gasteiger partial charge in [0.15, 0.2) is 0 Å². The van der Waals surface area contributed by atoms with Crippen molar-refractivity contribution < 1.29 is 22.5 Å². The van der Waals surface area contributed by atoms with Crippen LogP contribution in [0.25, 0.3) is 11.4 Å². The van der Waals surface area contributed by atoms with E-state index in [4.69, 9.17) is 4.52 Å². The molecule has 1 amide bonds. The molecule has 0 aliphatic carbocycles. The first-order valence-corrected chi connectivity index (χ1v) is 11.1. The largest absolute Gasteiger partial charge is 0.416 e. The van der Waals surface area contributed by atoms with E-state index in [1.165, 1.54) is 18.6 Å². The highest BCUT2D eigenvalue weighted by molar-refractivity contribution is 5.78. The fourth-order valence-electron chi connectivity index (χ4n) is 4.26. The van der Waals surface area contributed by atoms with Crippen LogP contribution in [0.3, 0.4) is 0 Å². The molecule has 32 heavy (non-hydrogen) atoms. The molecular formula is C22H28F3N5O2. The minimum atomic E-state index is -4.43. The van der Waals surface area contributed by atoms with Crippen molar-refractivity contribution in [2.24, 2.45) is 0 Å². The number of piperazine rings is 1. The molecule has 3 heterocycles. The van der Waals surface area contributed by atoms with E-state index in [0.29, 0.717) is 12.4 Å². The van der Waals surface area contributed by atoms with Crippen LogP contribution in [0.1, 0.15) is 43.7 Å². The number of amides is 1. The Morgan fingerprint density at radius 2 is 1.81 bits per heavy atom. The number of piperidine rings is 1. The number of carbonyl (C=O) groups excluding carboxylic acids is 1. The molecule has 2 aromatic rings. The Hall–Kier alpha value is -2.46. The molecule has 0 bridgehead atoms. The first-order valence-electron chi connectivity index (χ1n) is 11.1. The van der Waals surface area contributed by atoms with Crippen molar-refractivity contribution in [2.75, 3.05) is 45.8 Å². The fourth-order valence-corrected chi connectivity index (χ4v) is 4.26. The second-order valence-electron chi connectivity index (χ2n) is 8.46. The van der Waals surface area contributed by atoms with Crippen LogP contribution >= 0.6 is 0 Å². The number of benzene rings is 1. The van der Waals surface area contributed by atoms with Gasteiger partial charge in [0.25, 0.3) is 0 Å². The van der Waals surface area contributed by atoms with Crippen molar-refractivity contribution in [3.63, 3.8) is 0 Å². The van der Waals surface area contributed by atoms with Gasteiger partial charge < -0.3 is 9.42 Å². The van der Waals surface area contributed by atoms with Gasteiger partial charge in [-0.2, -0.15) is 18.2 Å². The lowest BCUT2D eigenvalue weighted by atomic mass is 10.1. The number of hydrogen-bond acceptors (Lipinski definition) is 6. The Morgan fingerprint density at radius 3 is 2.50 bits per heavy atom. The molecule has 7 nitrogen and oxygen atoms in total. The van der Waals surface area contributed by atoms with E-state index in [0.717, 1.165) is 64.2 Å². The van der Waals surface area contributed by atoms with Crippen molar-refractivity contribution in [3.05, 3.63) is 35.7 Å². The summed E-state index contributed by atoms with van der Waals surface area (Å²) in [6.07, 6.45) is -1.05. The van der Waals surface area contributed by atoms with E-state index < -0.39 is 11.7 Å². The van der Waals surface area contributed by atoms with Gasteiger partial charge in [-0.1, -0.05) is 17.3 Å². The van der Waals surface area contributed by atoms with Crippen LogP contribution < -0.4 is 0 Å². The van der Waals surface area contributed by atoms with Gasteiger partial charge in [0, 0.05) is 44.8 Å². The van der Waals surface area contributed by atoms with Gasteiger partial charge in [-0.15, -0.1) is 0 Å². The van der Waals surface area contributed by atoms with E-state index in [9.17, 15) is 18.0 Å². The molecule has 0 radical (unpaired) electrons. The summed E-state index contributed by atoms with van der Waals surface area (Å²) < 4.78 is 44.3. The molecule has 1 aromatic carbocycles. The molecule has 0 spiro atoms. The highest BCUT2D eigenvalue weighted by Gasteiger charge is 2.31. The normalized spacial score (nSPS) is 19.8. The van der Waals surface area contributed by atoms with Crippen LogP contribution in [0.2, 0.25) is 0 Å². The van der Waals surface area contributed by atoms with E-state index in [1.807, 2.05) is 11.8 Å². The minimum Gasteiger partial charge on any atom is -0.342 e. The number of carbonyl (C=O) groups is 1. The fraction of sp³-hybridized carbons (Fsp3) is 0.591. The van der Waals surface area contributed by atoms with Gasteiger partial charge in [-0.05, 0) is 38.3 Å². The summed E-state index contributed by atoms with van der Waals surface area (Å²) in [5, 5.41) is 3.89. The number of likely N-dealkylation sites (tertiary alicyclic amines) is 1. The molecular weight excluding hydrogens is 423 g/mol. The maximum absolute atomic E-state index is 13.0. The standard InChI is InChI=1S/C22H28F3N5O2/c1-16(21-26-20(27-32-21)17-6-5-7-18(14-17)22(23,24)25)29-12-10-28(11-13-29)15-19(31)30-8-3-2-4-9-30/h5-7,14,16H,2-4,8-13,15H2,1H3. The second-order valence-corrected chi connectivity index (χ2v) is 8.46. The predicted octanol–water partition coefficient (Wildman–Crippen LogP) is 3.45. The molecule has 1 unspecified atom stereocenters. The summed E-state index contributed by atoms with van der Waals surface area (Å²) in [5.74, 6) is 0.716. The average molecular weight is 451 g/mol. The van der Waals surface area contributed by atoms with E-state index in [-0.39, 0.29) is 23.3 Å². The quantitative estimate of drug-likeness (QED) is 0.694. The number of aromatic nitrogens is 2. The Morgan fingerprint density at radius 1 is 1.09 bits per heavy atom. The lowest BCUT2D eigenvalue weighted by Crippen LogP contribution is -2.51. The van der Waals surface area contributed by atoms with Gasteiger partial charge in [-0.25, -0.2) is 0 Å². The highest BCUT2D eigenvalue weighted by Crippen LogP contribution is 2.32. The first-order chi connectivity index (χ1) is 15.3. The Bertz CT molecular complexity index is 918. The number of hydrogen-bond donors (Lipinski definition) is 0. The van der Waals surface area contributed by atoms with Crippen LogP contribution in [0.15, 0.2) is 28.8 Å². The molecule has 1 aromatic heterocycles. The smallest absolute Gasteiger partial charge is 0.342 e. The molecule has 2 saturated heterocycles. The molecule has 2 aliphatic rings. The Kier molecular flexibility index (Phi) is 6.80. The van der Waals surface area contributed by atoms with Gasteiger partial charge >= 0.3 is 6.18 Å². The summed E-state index contributed by atoms with van der Waals surface area (Å²) in [4.78, 5) is 23.2. The van der Waals surface area contributed by atoms with Crippen molar-refractivity contribution >= 4 is 5.91 Å². The van der Waals surface area contributed by atoms with Crippen molar-refractivity contribution in [3.8, 4) is 11.4 Å². The third kappa shape index (κ3) is 5.29. The summed E-state index contributed by atoms with van der Waals surface area (Å²) in [7, 11) is 0. The third-order valence-electron chi connectivity index (χ3n) is 6.27. The molecule has 0 N–H and O–H groups in total. The molecule has 1 atom stereocenters. The topological polar surface area (TPSA) is 65.7 Å². The maximum atomic E-state index is 13.0. The summed E-state index contributed by atoms with van der Waals surface area (Å²) >= 11 is 0. The second kappa shape index (κ2) is 9.58. The zero-order valence-electron chi connectivity index (χ0n) is 18.1. The van der Waals surface area contributed by atoms with E-state index >= 15 is 0 Å². The maximum Gasteiger partial charge on any atom is 0.416 e. The van der Waals surface area contributed by atoms with Gasteiger partial charge in [-0.3, -0.25) is 14.6 Å². The van der Waals surface area contributed by atoms with Gasteiger partial charge in [0.05, 0.1) is 18.2 Å². The average Bonchev–Trinajstić information content (AvgIpc) is 3.30. The molecule has 174 valence electrons. The van der Waals surface area contributed by atoms with Crippen molar-refractivity contribution in [1.82, 2.24) is 24.8 Å². The predicted molar refractivity (Wildman–Crippen MR) is 112 cm³/mol. The van der Waals surface area contributed by atoms with Crippen LogP contribution in [-0.2, 0) is 11.0 Å². The molecule has 2 fully saturated rings. The number of nitrogens with zero attached hydrogens (tertiary/aromatic N) is 5. The molecule has 10 heteroatoms. The van der Waals surface area contributed by atoms with E-state index in [1.54, 1.807) is 0 Å². The number of alkyl halides is 3. The minimum absolute atomic E-state index is 0.142. The summed E-state index contributed by atoms with van der Waals surface area (Å²) in [6, 6.07) is 4.75. The van der Waals surface area contributed by atoms with Crippen molar-refractivity contribution in [2.45, 2.75) is 38.4 Å². The Balaban J connectivity index is 1.33. The zero-order valence-corrected chi connectivity index (χ0v) is 18.1. The first kappa shape index (κ1) is 22.7. The monoisotopic (exact) mass is 451 g/mol. The van der Waals surface area contributed by atoms with Crippen molar-refractivity contribution in [1.29, 1.82) is 0 Å². The van der Waals surface area contributed by atoms with Crippen LogP contribution in [0.4, 0.5) is 13.2 Å². The van der Waals surface area contributed by atoms with Gasteiger partial charge in [0.1, 0.15) is 0 Å². The lowest BCUT2D eigenvalue weighted by Gasteiger charge is -2.37. The molecule has 4 rings (SSSR count). The SMILES string of the molecule is CC(c1nc(-c2cccc(C(F)(F)F)c2)no1)N1CCN(CC(=O)N2CCCCC2)CC1. The Labute approximate surface area is 185 Å². The van der Waals surface area contributed by atoms with Gasteiger partial charge in [0.2, 0.25) is 17.6 Å². The summed E-state index contributed by atoms with van der Waals surface area (Å²) in [5.41, 5.74) is -0.479. The zero-order chi connectivity index (χ0) is 22.7. The number of rotatable bonds is 5. The lowest BCUT2D eigenvalue weighted by molar-refractivity contribution is -0.137.